The third-order valence-electron chi connectivity index (χ3n) is 3.18. The van der Waals surface area contributed by atoms with E-state index in [1.165, 1.54) is 24.1 Å². The Kier molecular flexibility index (Phi) is 6.28. The van der Waals surface area contributed by atoms with E-state index in [4.69, 9.17) is 4.74 Å². The second-order valence-electron chi connectivity index (χ2n) is 4.82. The molecule has 0 bridgehead atoms. The first-order valence-electron chi connectivity index (χ1n) is 7.18. The number of hydrogen-bond acceptors (Lipinski definition) is 5. The Bertz CT molecular complexity index is 573. The molecule has 0 amide bonds. The number of ether oxygens (including phenoxy) is 2. The number of carbonyl (C=O) groups is 1. The van der Waals surface area contributed by atoms with Gasteiger partial charge in [0.2, 0.25) is 0 Å². The molecule has 0 N–H and O–H groups in total. The van der Waals surface area contributed by atoms with Gasteiger partial charge in [-0.25, -0.2) is 4.79 Å². The van der Waals surface area contributed by atoms with Gasteiger partial charge < -0.3 is 9.47 Å². The number of carbonyl (C=O) groups excluding carboxylic acids is 1. The summed E-state index contributed by atoms with van der Waals surface area (Å²) in [7, 11) is 0. The molecule has 0 saturated carbocycles. The van der Waals surface area contributed by atoms with E-state index in [0.717, 1.165) is 3.57 Å². The molecule has 1 aliphatic heterocycles. The van der Waals surface area contributed by atoms with Crippen molar-refractivity contribution < 1.29 is 23.0 Å². The smallest absolute Gasteiger partial charge is 0.386 e. The molecule has 1 heterocycles. The molecule has 0 aliphatic carbocycles. The third-order valence-corrected chi connectivity index (χ3v) is 3.89. The normalized spacial score (nSPS) is 16.3. The van der Waals surface area contributed by atoms with Gasteiger partial charge in [-0.05, 0) is 41.6 Å². The quantitative estimate of drug-likeness (QED) is 0.403. The van der Waals surface area contributed by atoms with Crippen LogP contribution in [0.5, 0.6) is 0 Å². The fraction of sp³-hybridized carbons (Fsp3) is 0.467. The van der Waals surface area contributed by atoms with Crippen molar-refractivity contribution in [1.29, 1.82) is 0 Å². The monoisotopic (exact) mass is 438 g/mol. The van der Waals surface area contributed by atoms with Crippen LogP contribution in [0.3, 0.4) is 0 Å². The van der Waals surface area contributed by atoms with Crippen molar-refractivity contribution >= 4 is 34.3 Å². The fourth-order valence-corrected chi connectivity index (χ4v) is 2.38. The molecule has 8 heteroatoms. The number of hydrogen-bond donors (Lipinski definition) is 0. The van der Waals surface area contributed by atoms with Crippen LogP contribution in [0.4, 0.5) is 8.78 Å². The fourth-order valence-electron chi connectivity index (χ4n) is 2.02. The predicted octanol–water partition coefficient (Wildman–Crippen LogP) is 2.53. The topological polar surface area (TPSA) is 51.1 Å². The van der Waals surface area contributed by atoms with Gasteiger partial charge in [0.1, 0.15) is 5.71 Å². The summed E-state index contributed by atoms with van der Waals surface area (Å²) >= 11 is 2.08. The average Bonchev–Trinajstić information content (AvgIpc) is 2.55. The zero-order valence-electron chi connectivity index (χ0n) is 12.6. The Hall–Kier alpha value is -1.29. The average molecular weight is 438 g/mol. The SMILES string of the molecule is CCOC(=O)C(F)(F)/C(=N/N1CCOCC1)c1ccc(I)cc1. The highest BCUT2D eigenvalue weighted by Crippen LogP contribution is 2.24. The van der Waals surface area contributed by atoms with E-state index in [9.17, 15) is 13.6 Å². The molecule has 2 rings (SSSR count). The van der Waals surface area contributed by atoms with Crippen molar-refractivity contribution in [2.45, 2.75) is 12.8 Å². The molecule has 1 fully saturated rings. The van der Waals surface area contributed by atoms with Crippen molar-refractivity contribution in [3.8, 4) is 0 Å². The molecule has 5 nitrogen and oxygen atoms in total. The minimum Gasteiger partial charge on any atom is -0.461 e. The summed E-state index contributed by atoms with van der Waals surface area (Å²) in [4.78, 5) is 11.7. The van der Waals surface area contributed by atoms with Gasteiger partial charge in [0.05, 0.1) is 32.9 Å². The van der Waals surface area contributed by atoms with Crippen LogP contribution in [0.25, 0.3) is 0 Å². The molecule has 126 valence electrons. The highest BCUT2D eigenvalue weighted by Gasteiger charge is 2.47. The lowest BCUT2D eigenvalue weighted by Gasteiger charge is -2.26. The lowest BCUT2D eigenvalue weighted by molar-refractivity contribution is -0.162. The molecule has 1 aromatic rings. The predicted molar refractivity (Wildman–Crippen MR) is 89.7 cm³/mol. The van der Waals surface area contributed by atoms with Crippen LogP contribution in [-0.4, -0.2) is 55.5 Å². The maximum Gasteiger partial charge on any atom is 0.386 e. The van der Waals surface area contributed by atoms with Gasteiger partial charge in [-0.2, -0.15) is 13.9 Å². The number of hydrazone groups is 1. The number of halogens is 3. The first kappa shape index (κ1) is 18.1. The maximum absolute atomic E-state index is 14.5. The van der Waals surface area contributed by atoms with Crippen molar-refractivity contribution in [3.05, 3.63) is 33.4 Å². The number of esters is 1. The Balaban J connectivity index is 2.39. The lowest BCUT2D eigenvalue weighted by Crippen LogP contribution is -2.43. The molecule has 1 aliphatic rings. The van der Waals surface area contributed by atoms with Gasteiger partial charge in [-0.1, -0.05) is 12.1 Å². The van der Waals surface area contributed by atoms with E-state index in [1.807, 2.05) is 0 Å². The van der Waals surface area contributed by atoms with E-state index in [1.54, 1.807) is 12.1 Å². The van der Waals surface area contributed by atoms with E-state index in [-0.39, 0.29) is 12.2 Å². The number of benzene rings is 1. The molecule has 0 aromatic heterocycles. The van der Waals surface area contributed by atoms with Crippen LogP contribution in [0.15, 0.2) is 29.4 Å². The van der Waals surface area contributed by atoms with Crippen molar-refractivity contribution in [2.24, 2.45) is 5.10 Å². The molecule has 0 spiro atoms. The molecular weight excluding hydrogens is 421 g/mol. The summed E-state index contributed by atoms with van der Waals surface area (Å²) in [5.74, 6) is -5.41. The second kappa shape index (κ2) is 8.00. The van der Waals surface area contributed by atoms with Crippen LogP contribution in [0.2, 0.25) is 0 Å². The Morgan fingerprint density at radius 1 is 1.35 bits per heavy atom. The summed E-state index contributed by atoms with van der Waals surface area (Å²) in [6.45, 7) is 2.98. The summed E-state index contributed by atoms with van der Waals surface area (Å²) in [5.41, 5.74) is -0.413. The minimum absolute atomic E-state index is 0.119. The van der Waals surface area contributed by atoms with Crippen LogP contribution in [-0.2, 0) is 14.3 Å². The first-order valence-corrected chi connectivity index (χ1v) is 8.25. The number of alkyl halides is 2. The number of morpholine rings is 1. The minimum atomic E-state index is -3.82. The Morgan fingerprint density at radius 2 is 1.96 bits per heavy atom. The van der Waals surface area contributed by atoms with Crippen LogP contribution < -0.4 is 0 Å². The highest BCUT2D eigenvalue weighted by molar-refractivity contribution is 14.1. The molecule has 0 unspecified atom stereocenters. The van der Waals surface area contributed by atoms with E-state index < -0.39 is 17.6 Å². The van der Waals surface area contributed by atoms with Crippen molar-refractivity contribution in [3.63, 3.8) is 0 Å². The summed E-state index contributed by atoms with van der Waals surface area (Å²) < 4.78 is 39.7. The van der Waals surface area contributed by atoms with Crippen LogP contribution in [0, 0.1) is 3.57 Å². The van der Waals surface area contributed by atoms with Gasteiger partial charge in [-0.3, -0.25) is 5.01 Å². The van der Waals surface area contributed by atoms with Crippen LogP contribution >= 0.6 is 22.6 Å². The Morgan fingerprint density at radius 3 is 2.52 bits per heavy atom. The summed E-state index contributed by atoms with van der Waals surface area (Å²) in [6.07, 6.45) is 0. The summed E-state index contributed by atoms with van der Waals surface area (Å²) in [5, 5.41) is 5.52. The third kappa shape index (κ3) is 4.60. The molecule has 0 radical (unpaired) electrons. The number of rotatable bonds is 5. The van der Waals surface area contributed by atoms with Gasteiger partial charge in [0, 0.05) is 9.13 Å². The molecule has 1 saturated heterocycles. The van der Waals surface area contributed by atoms with Gasteiger partial charge in [0.25, 0.3) is 0 Å². The second-order valence-corrected chi connectivity index (χ2v) is 6.06. The van der Waals surface area contributed by atoms with Gasteiger partial charge in [-0.15, -0.1) is 0 Å². The van der Waals surface area contributed by atoms with E-state index >= 15 is 0 Å². The lowest BCUT2D eigenvalue weighted by atomic mass is 10.0. The molecule has 1 aromatic carbocycles. The van der Waals surface area contributed by atoms with Crippen LogP contribution in [0.1, 0.15) is 12.5 Å². The van der Waals surface area contributed by atoms with E-state index in [0.29, 0.717) is 26.3 Å². The van der Waals surface area contributed by atoms with Gasteiger partial charge in [0.15, 0.2) is 0 Å². The molecule has 0 atom stereocenters. The maximum atomic E-state index is 14.5. The number of nitrogens with zero attached hydrogens (tertiary/aromatic N) is 2. The first-order chi connectivity index (χ1) is 10.9. The zero-order chi connectivity index (χ0) is 16.9. The van der Waals surface area contributed by atoms with Gasteiger partial charge >= 0.3 is 11.9 Å². The van der Waals surface area contributed by atoms with Crippen molar-refractivity contribution in [1.82, 2.24) is 5.01 Å². The Labute approximate surface area is 146 Å². The van der Waals surface area contributed by atoms with E-state index in [2.05, 4.69) is 32.4 Å². The summed E-state index contributed by atoms with van der Waals surface area (Å²) in [6, 6.07) is 6.42. The standard InChI is InChI=1S/C15H17F2IN2O3/c1-2-23-14(21)15(16,17)13(11-3-5-12(18)6-4-11)19-20-7-9-22-10-8-20/h3-6H,2,7-10H2,1H3/b19-13+. The zero-order valence-corrected chi connectivity index (χ0v) is 14.8. The van der Waals surface area contributed by atoms with Crippen molar-refractivity contribution in [2.75, 3.05) is 32.9 Å². The highest BCUT2D eigenvalue weighted by atomic mass is 127. The largest absolute Gasteiger partial charge is 0.461 e. The molecule has 23 heavy (non-hydrogen) atoms. The molecular formula is C15H17F2IN2O3.